The predicted octanol–water partition coefficient (Wildman–Crippen LogP) is 2.16. The molecular weight excluding hydrogens is 304 g/mol. The minimum atomic E-state index is -0.0429. The van der Waals surface area contributed by atoms with Crippen LogP contribution in [-0.4, -0.2) is 52.3 Å². The average Bonchev–Trinajstić information content (AvgIpc) is 2.68. The highest BCUT2D eigenvalue weighted by atomic mass is 16.5. The van der Waals surface area contributed by atoms with E-state index in [1.54, 1.807) is 23.4 Å². The van der Waals surface area contributed by atoms with E-state index >= 15 is 0 Å². The van der Waals surface area contributed by atoms with Crippen molar-refractivity contribution in [3.8, 4) is 11.1 Å². The number of nitrogens with zero attached hydrogens (tertiary/aromatic N) is 4. The van der Waals surface area contributed by atoms with Crippen LogP contribution in [0.3, 0.4) is 0 Å². The van der Waals surface area contributed by atoms with E-state index in [0.717, 1.165) is 22.0 Å². The molecule has 6 nitrogen and oxygen atoms in total. The second-order valence-corrected chi connectivity index (χ2v) is 5.64. The Balaban J connectivity index is 1.59. The number of hydrogen-bond donors (Lipinski definition) is 0. The lowest BCUT2D eigenvalue weighted by Gasteiger charge is -2.26. The molecule has 0 unspecified atom stereocenters. The number of morpholine rings is 1. The van der Waals surface area contributed by atoms with Crippen LogP contribution in [0.2, 0.25) is 0 Å². The molecule has 2 aromatic heterocycles. The monoisotopic (exact) mass is 320 g/mol. The predicted molar refractivity (Wildman–Crippen MR) is 89.5 cm³/mol. The zero-order valence-electron chi connectivity index (χ0n) is 13.1. The molecule has 24 heavy (non-hydrogen) atoms. The maximum atomic E-state index is 12.4. The molecule has 120 valence electrons. The summed E-state index contributed by atoms with van der Waals surface area (Å²) in [5.41, 5.74) is 3.32. The van der Waals surface area contributed by atoms with Gasteiger partial charge in [0.2, 0.25) is 0 Å². The van der Waals surface area contributed by atoms with Gasteiger partial charge in [0.05, 0.1) is 24.9 Å². The number of hydrogen-bond acceptors (Lipinski definition) is 5. The van der Waals surface area contributed by atoms with Crippen LogP contribution < -0.4 is 0 Å². The molecule has 1 amide bonds. The van der Waals surface area contributed by atoms with E-state index in [2.05, 4.69) is 15.2 Å². The SMILES string of the molecule is O=C(c1ccc(-c2ccc3nnccc3c2)cn1)N1CCOCC1. The van der Waals surface area contributed by atoms with Gasteiger partial charge in [-0.2, -0.15) is 10.2 Å². The summed E-state index contributed by atoms with van der Waals surface area (Å²) < 4.78 is 5.27. The Morgan fingerprint density at radius 2 is 1.88 bits per heavy atom. The summed E-state index contributed by atoms with van der Waals surface area (Å²) in [5.74, 6) is -0.0429. The van der Waals surface area contributed by atoms with E-state index in [9.17, 15) is 4.79 Å². The first kappa shape index (κ1) is 14.7. The molecular formula is C18H16N4O2. The third-order valence-corrected chi connectivity index (χ3v) is 4.13. The van der Waals surface area contributed by atoms with Crippen molar-refractivity contribution in [2.24, 2.45) is 0 Å². The van der Waals surface area contributed by atoms with Crippen LogP contribution in [-0.2, 0) is 4.74 Å². The van der Waals surface area contributed by atoms with Crippen LogP contribution in [0.1, 0.15) is 10.5 Å². The van der Waals surface area contributed by atoms with Crippen molar-refractivity contribution in [2.75, 3.05) is 26.3 Å². The van der Waals surface area contributed by atoms with E-state index in [1.807, 2.05) is 30.3 Å². The fraction of sp³-hybridized carbons (Fsp3) is 0.222. The topological polar surface area (TPSA) is 68.2 Å². The number of benzene rings is 1. The van der Waals surface area contributed by atoms with Gasteiger partial charge in [-0.3, -0.25) is 9.78 Å². The van der Waals surface area contributed by atoms with Gasteiger partial charge in [-0.25, -0.2) is 0 Å². The molecule has 0 bridgehead atoms. The van der Waals surface area contributed by atoms with Crippen LogP contribution in [0.5, 0.6) is 0 Å². The van der Waals surface area contributed by atoms with Crippen LogP contribution in [0.25, 0.3) is 22.0 Å². The molecule has 1 aliphatic heterocycles. The fourth-order valence-corrected chi connectivity index (χ4v) is 2.79. The number of amides is 1. The summed E-state index contributed by atoms with van der Waals surface area (Å²) in [7, 11) is 0. The van der Waals surface area contributed by atoms with Gasteiger partial charge in [-0.15, -0.1) is 0 Å². The van der Waals surface area contributed by atoms with Crippen molar-refractivity contribution >= 4 is 16.8 Å². The highest BCUT2D eigenvalue weighted by Crippen LogP contribution is 2.23. The summed E-state index contributed by atoms with van der Waals surface area (Å²) in [6.45, 7) is 2.41. The largest absolute Gasteiger partial charge is 0.378 e. The van der Waals surface area contributed by atoms with Crippen LogP contribution in [0.15, 0.2) is 48.8 Å². The van der Waals surface area contributed by atoms with Gasteiger partial charge in [0.1, 0.15) is 5.69 Å². The van der Waals surface area contributed by atoms with E-state index < -0.39 is 0 Å². The highest BCUT2D eigenvalue weighted by molar-refractivity contribution is 5.93. The van der Waals surface area contributed by atoms with Crippen LogP contribution in [0, 0.1) is 0 Å². The molecule has 0 N–H and O–H groups in total. The standard InChI is InChI=1S/C18H16N4O2/c23-18(22-7-9-24-10-8-22)17-4-2-15(12-19-17)13-1-3-16-14(11-13)5-6-20-21-16/h1-6,11-12H,7-10H2. The van der Waals surface area contributed by atoms with Gasteiger partial charge in [-0.1, -0.05) is 12.1 Å². The van der Waals surface area contributed by atoms with Crippen molar-refractivity contribution < 1.29 is 9.53 Å². The van der Waals surface area contributed by atoms with Crippen molar-refractivity contribution in [1.29, 1.82) is 0 Å². The first-order valence-corrected chi connectivity index (χ1v) is 7.86. The Hall–Kier alpha value is -2.86. The molecule has 3 heterocycles. The Morgan fingerprint density at radius 3 is 2.67 bits per heavy atom. The summed E-state index contributed by atoms with van der Waals surface area (Å²) >= 11 is 0. The third kappa shape index (κ3) is 2.83. The van der Waals surface area contributed by atoms with Gasteiger partial charge in [-0.05, 0) is 29.8 Å². The molecule has 6 heteroatoms. The molecule has 0 radical (unpaired) electrons. The van der Waals surface area contributed by atoms with E-state index in [0.29, 0.717) is 32.0 Å². The van der Waals surface area contributed by atoms with E-state index in [4.69, 9.17) is 4.74 Å². The smallest absolute Gasteiger partial charge is 0.272 e. The minimum Gasteiger partial charge on any atom is -0.378 e. The first-order chi connectivity index (χ1) is 11.8. The molecule has 4 rings (SSSR count). The molecule has 0 aliphatic carbocycles. The van der Waals surface area contributed by atoms with Crippen LogP contribution >= 0.6 is 0 Å². The number of pyridine rings is 1. The Bertz CT molecular complexity index is 874. The Morgan fingerprint density at radius 1 is 1.04 bits per heavy atom. The molecule has 3 aromatic rings. The quantitative estimate of drug-likeness (QED) is 0.724. The summed E-state index contributed by atoms with van der Waals surface area (Å²) in [5, 5.41) is 8.98. The lowest BCUT2D eigenvalue weighted by atomic mass is 10.0. The van der Waals surface area contributed by atoms with Crippen molar-refractivity contribution in [2.45, 2.75) is 0 Å². The molecule has 1 aromatic carbocycles. The third-order valence-electron chi connectivity index (χ3n) is 4.13. The molecule has 1 aliphatic rings. The number of rotatable bonds is 2. The molecule has 1 saturated heterocycles. The van der Waals surface area contributed by atoms with Gasteiger partial charge in [0.15, 0.2) is 0 Å². The highest BCUT2D eigenvalue weighted by Gasteiger charge is 2.19. The van der Waals surface area contributed by atoms with Crippen LogP contribution in [0.4, 0.5) is 0 Å². The summed E-state index contributed by atoms with van der Waals surface area (Å²) in [6.07, 6.45) is 3.41. The minimum absolute atomic E-state index is 0.0429. The Labute approximate surface area is 139 Å². The normalized spacial score (nSPS) is 14.8. The molecule has 0 saturated carbocycles. The molecule has 0 atom stereocenters. The number of carbonyl (C=O) groups is 1. The number of fused-ring (bicyclic) bond motifs is 1. The molecule has 1 fully saturated rings. The average molecular weight is 320 g/mol. The number of carbonyl (C=O) groups excluding carboxylic acids is 1. The lowest BCUT2D eigenvalue weighted by Crippen LogP contribution is -2.41. The first-order valence-electron chi connectivity index (χ1n) is 7.86. The van der Waals surface area contributed by atoms with Gasteiger partial charge in [0, 0.05) is 30.2 Å². The van der Waals surface area contributed by atoms with Gasteiger partial charge >= 0.3 is 0 Å². The van der Waals surface area contributed by atoms with E-state index in [1.165, 1.54) is 0 Å². The maximum absolute atomic E-state index is 12.4. The van der Waals surface area contributed by atoms with Gasteiger partial charge < -0.3 is 9.64 Å². The summed E-state index contributed by atoms with van der Waals surface area (Å²) in [6, 6.07) is 11.6. The zero-order valence-corrected chi connectivity index (χ0v) is 13.1. The molecule has 0 spiro atoms. The second kappa shape index (κ2) is 6.33. The summed E-state index contributed by atoms with van der Waals surface area (Å²) in [4.78, 5) is 18.5. The van der Waals surface area contributed by atoms with Crippen molar-refractivity contribution in [3.63, 3.8) is 0 Å². The number of ether oxygens (including phenoxy) is 1. The zero-order chi connectivity index (χ0) is 16.4. The fourth-order valence-electron chi connectivity index (χ4n) is 2.79. The van der Waals surface area contributed by atoms with E-state index in [-0.39, 0.29) is 5.91 Å². The lowest BCUT2D eigenvalue weighted by molar-refractivity contribution is 0.0299. The van der Waals surface area contributed by atoms with Crippen molar-refractivity contribution in [1.82, 2.24) is 20.1 Å². The second-order valence-electron chi connectivity index (χ2n) is 5.64. The Kier molecular flexibility index (Phi) is 3.88. The van der Waals surface area contributed by atoms with Crippen molar-refractivity contribution in [3.05, 3.63) is 54.5 Å². The number of aromatic nitrogens is 3. The maximum Gasteiger partial charge on any atom is 0.272 e. The van der Waals surface area contributed by atoms with Gasteiger partial charge in [0.25, 0.3) is 5.91 Å².